The fraction of sp³-hybridized carbons (Fsp3) is 0.444. The van der Waals surface area contributed by atoms with Crippen LogP contribution in [0.5, 0.6) is 0 Å². The average Bonchev–Trinajstić information content (AvgIpc) is 2.04. The van der Waals surface area contributed by atoms with E-state index in [0.29, 0.717) is 0 Å². The summed E-state index contributed by atoms with van der Waals surface area (Å²) in [5.74, 6) is 0. The lowest BCUT2D eigenvalue weighted by molar-refractivity contribution is 0.151. The van der Waals surface area contributed by atoms with Gasteiger partial charge < -0.3 is 5.11 Å². The van der Waals surface area contributed by atoms with Crippen molar-refractivity contribution in [1.82, 2.24) is 4.98 Å². The molecule has 0 bridgehead atoms. The number of aromatic nitrogens is 1. The van der Waals surface area contributed by atoms with E-state index in [-0.39, 0.29) is 6.10 Å². The van der Waals surface area contributed by atoms with Crippen molar-refractivity contribution in [2.75, 3.05) is 0 Å². The van der Waals surface area contributed by atoms with Crippen LogP contribution in [-0.4, -0.2) is 10.1 Å². The number of rotatable bonds is 0. The first-order chi connectivity index (χ1) is 5.77. The Balaban J connectivity index is 2.46. The molecule has 0 radical (unpaired) electrons. The number of halogens is 1. The molecule has 64 valence electrons. The van der Waals surface area contributed by atoms with E-state index < -0.39 is 0 Å². The molecule has 0 fully saturated rings. The Bertz CT molecular complexity index is 301. The Hall–Kier alpha value is -0.410. The van der Waals surface area contributed by atoms with Crippen LogP contribution in [-0.2, 0) is 6.42 Å². The van der Waals surface area contributed by atoms with Gasteiger partial charge in [0.2, 0.25) is 0 Å². The smallest absolute Gasteiger partial charge is 0.0962 e. The molecule has 1 atom stereocenters. The largest absolute Gasteiger partial charge is 0.387 e. The van der Waals surface area contributed by atoms with Crippen LogP contribution in [0, 0.1) is 0 Å². The highest BCUT2D eigenvalue weighted by atomic mass is 79.9. The molecule has 0 aliphatic heterocycles. The van der Waals surface area contributed by atoms with Crippen molar-refractivity contribution in [3.05, 3.63) is 28.0 Å². The Kier molecular flexibility index (Phi) is 2.15. The molecule has 0 unspecified atom stereocenters. The zero-order chi connectivity index (χ0) is 8.55. The summed E-state index contributed by atoms with van der Waals surface area (Å²) in [6.45, 7) is 0. The highest BCUT2D eigenvalue weighted by Crippen LogP contribution is 2.29. The van der Waals surface area contributed by atoms with Gasteiger partial charge in [0.25, 0.3) is 0 Å². The van der Waals surface area contributed by atoms with Crippen LogP contribution in [0.4, 0.5) is 0 Å². The van der Waals surface area contributed by atoms with Gasteiger partial charge in [0, 0.05) is 10.7 Å². The zero-order valence-corrected chi connectivity index (χ0v) is 8.21. The third-order valence-electron chi connectivity index (χ3n) is 2.21. The summed E-state index contributed by atoms with van der Waals surface area (Å²) in [5, 5.41) is 9.57. The summed E-state index contributed by atoms with van der Waals surface area (Å²) in [6, 6.07) is 2.05. The minimum absolute atomic E-state index is 0.346. The van der Waals surface area contributed by atoms with Crippen LogP contribution in [0.3, 0.4) is 0 Å². The normalized spacial score (nSPS) is 22.0. The van der Waals surface area contributed by atoms with Gasteiger partial charge in [-0.05, 0) is 46.8 Å². The van der Waals surface area contributed by atoms with Crippen LogP contribution in [0.1, 0.15) is 30.2 Å². The van der Waals surface area contributed by atoms with Gasteiger partial charge in [-0.2, -0.15) is 0 Å². The predicted molar refractivity (Wildman–Crippen MR) is 49.8 cm³/mol. The van der Waals surface area contributed by atoms with E-state index in [9.17, 15) is 5.11 Å². The second kappa shape index (κ2) is 3.15. The molecule has 2 rings (SSSR count). The van der Waals surface area contributed by atoms with Crippen molar-refractivity contribution >= 4 is 15.9 Å². The molecule has 1 aromatic rings. The first kappa shape index (κ1) is 8.20. The molecule has 1 N–H and O–H groups in total. The standard InChI is InChI=1S/C9H10BrNO/c10-7-4-6-2-1-3-8(12)9(6)11-5-7/h4-5,8,12H,1-3H2/t8-/m0/s1. The number of aryl methyl sites for hydroxylation is 1. The lowest BCUT2D eigenvalue weighted by atomic mass is 9.94. The van der Waals surface area contributed by atoms with Gasteiger partial charge in [-0.25, -0.2) is 0 Å². The molecule has 0 saturated heterocycles. The minimum Gasteiger partial charge on any atom is -0.387 e. The van der Waals surface area contributed by atoms with E-state index in [4.69, 9.17) is 0 Å². The van der Waals surface area contributed by atoms with Gasteiger partial charge in [-0.15, -0.1) is 0 Å². The van der Waals surface area contributed by atoms with Crippen molar-refractivity contribution in [3.8, 4) is 0 Å². The topological polar surface area (TPSA) is 33.1 Å². The van der Waals surface area contributed by atoms with Crippen molar-refractivity contribution in [2.45, 2.75) is 25.4 Å². The van der Waals surface area contributed by atoms with E-state index in [1.807, 2.05) is 6.07 Å². The number of fused-ring (bicyclic) bond motifs is 1. The summed E-state index contributed by atoms with van der Waals surface area (Å²) in [5.41, 5.74) is 2.05. The Labute approximate surface area is 79.8 Å². The van der Waals surface area contributed by atoms with Gasteiger partial charge in [0.15, 0.2) is 0 Å². The molecular formula is C9H10BrNO. The lowest BCUT2D eigenvalue weighted by Gasteiger charge is -2.19. The molecular weight excluding hydrogens is 218 g/mol. The Morgan fingerprint density at radius 1 is 1.58 bits per heavy atom. The fourth-order valence-electron chi connectivity index (χ4n) is 1.61. The minimum atomic E-state index is -0.346. The quantitative estimate of drug-likeness (QED) is 0.738. The highest BCUT2D eigenvalue weighted by Gasteiger charge is 2.18. The highest BCUT2D eigenvalue weighted by molar-refractivity contribution is 9.10. The Morgan fingerprint density at radius 3 is 3.25 bits per heavy atom. The van der Waals surface area contributed by atoms with Crippen molar-refractivity contribution in [2.24, 2.45) is 0 Å². The third kappa shape index (κ3) is 1.39. The lowest BCUT2D eigenvalue weighted by Crippen LogP contribution is -2.10. The Morgan fingerprint density at radius 2 is 2.42 bits per heavy atom. The number of nitrogens with zero attached hydrogens (tertiary/aromatic N) is 1. The molecule has 0 saturated carbocycles. The summed E-state index contributed by atoms with van der Waals surface area (Å²) < 4.78 is 0.996. The van der Waals surface area contributed by atoms with Crippen LogP contribution in [0.15, 0.2) is 16.7 Å². The van der Waals surface area contributed by atoms with E-state index in [2.05, 4.69) is 20.9 Å². The van der Waals surface area contributed by atoms with Gasteiger partial charge >= 0.3 is 0 Å². The van der Waals surface area contributed by atoms with Crippen molar-refractivity contribution in [1.29, 1.82) is 0 Å². The van der Waals surface area contributed by atoms with Crippen LogP contribution in [0.25, 0.3) is 0 Å². The number of aliphatic hydroxyl groups is 1. The molecule has 2 nitrogen and oxygen atoms in total. The van der Waals surface area contributed by atoms with Gasteiger partial charge in [0.1, 0.15) is 0 Å². The molecule has 1 aliphatic carbocycles. The second-order valence-corrected chi connectivity index (χ2v) is 4.02. The number of aliphatic hydroxyl groups excluding tert-OH is 1. The predicted octanol–water partition coefficient (Wildman–Crippen LogP) is 2.21. The molecule has 1 aliphatic rings. The van der Waals surface area contributed by atoms with E-state index in [1.165, 1.54) is 5.56 Å². The van der Waals surface area contributed by atoms with Gasteiger partial charge in [-0.1, -0.05) is 0 Å². The average molecular weight is 228 g/mol. The molecule has 1 heterocycles. The maximum absolute atomic E-state index is 9.57. The summed E-state index contributed by atoms with van der Waals surface area (Å²) in [4.78, 5) is 4.20. The van der Waals surface area contributed by atoms with Crippen LogP contribution in [0.2, 0.25) is 0 Å². The summed E-state index contributed by atoms with van der Waals surface area (Å²) in [6.07, 6.45) is 4.35. The maximum atomic E-state index is 9.57. The molecule has 0 amide bonds. The second-order valence-electron chi connectivity index (χ2n) is 3.11. The van der Waals surface area contributed by atoms with Crippen LogP contribution >= 0.6 is 15.9 Å². The molecule has 0 spiro atoms. The first-order valence-corrected chi connectivity index (χ1v) is 4.89. The summed E-state index contributed by atoms with van der Waals surface area (Å²) in [7, 11) is 0. The monoisotopic (exact) mass is 227 g/mol. The number of pyridine rings is 1. The van der Waals surface area contributed by atoms with Crippen molar-refractivity contribution in [3.63, 3.8) is 0 Å². The summed E-state index contributed by atoms with van der Waals surface area (Å²) >= 11 is 3.37. The molecule has 1 aromatic heterocycles. The van der Waals surface area contributed by atoms with Crippen molar-refractivity contribution < 1.29 is 5.11 Å². The molecule has 3 heteroatoms. The first-order valence-electron chi connectivity index (χ1n) is 4.10. The van der Waals surface area contributed by atoms with Crippen LogP contribution < -0.4 is 0 Å². The number of hydrogen-bond acceptors (Lipinski definition) is 2. The molecule has 12 heavy (non-hydrogen) atoms. The third-order valence-corrected chi connectivity index (χ3v) is 2.64. The fourth-order valence-corrected chi connectivity index (χ4v) is 1.99. The van der Waals surface area contributed by atoms with E-state index in [0.717, 1.165) is 29.4 Å². The molecule has 0 aromatic carbocycles. The van der Waals surface area contributed by atoms with E-state index in [1.54, 1.807) is 6.20 Å². The van der Waals surface area contributed by atoms with Gasteiger partial charge in [-0.3, -0.25) is 4.98 Å². The SMILES string of the molecule is O[C@H]1CCCc2cc(Br)cnc21. The van der Waals surface area contributed by atoms with Gasteiger partial charge in [0.05, 0.1) is 11.8 Å². The zero-order valence-electron chi connectivity index (χ0n) is 6.63. The number of hydrogen-bond donors (Lipinski definition) is 1. The van der Waals surface area contributed by atoms with E-state index >= 15 is 0 Å². The maximum Gasteiger partial charge on any atom is 0.0962 e.